The number of rotatable bonds is 2. The highest BCUT2D eigenvalue weighted by atomic mass is 79.9. The van der Waals surface area contributed by atoms with Crippen LogP contribution in [0.25, 0.3) is 0 Å². The molecule has 1 aliphatic heterocycles. The molecule has 0 N–H and O–H groups in total. The molecular formula is C13H16BrNO. The van der Waals surface area contributed by atoms with Crippen molar-refractivity contribution in [3.63, 3.8) is 0 Å². The Hall–Kier alpha value is -0.830. The van der Waals surface area contributed by atoms with Crippen LogP contribution in [0.5, 0.6) is 0 Å². The van der Waals surface area contributed by atoms with Crippen molar-refractivity contribution >= 4 is 21.8 Å². The van der Waals surface area contributed by atoms with Crippen molar-refractivity contribution in [2.45, 2.75) is 33.4 Å². The summed E-state index contributed by atoms with van der Waals surface area (Å²) in [4.78, 5) is 14.0. The van der Waals surface area contributed by atoms with Crippen LogP contribution in [-0.2, 0) is 17.9 Å². The first kappa shape index (κ1) is 11.6. The van der Waals surface area contributed by atoms with Crippen molar-refractivity contribution in [1.82, 2.24) is 4.90 Å². The van der Waals surface area contributed by atoms with Crippen LogP contribution >= 0.6 is 15.9 Å². The van der Waals surface area contributed by atoms with Gasteiger partial charge in [0.15, 0.2) is 0 Å². The molecule has 0 radical (unpaired) electrons. The van der Waals surface area contributed by atoms with E-state index in [1.54, 1.807) is 0 Å². The molecule has 0 spiro atoms. The molecule has 1 unspecified atom stereocenters. The van der Waals surface area contributed by atoms with Gasteiger partial charge >= 0.3 is 0 Å². The molecule has 16 heavy (non-hydrogen) atoms. The molecule has 86 valence electrons. The van der Waals surface area contributed by atoms with Gasteiger partial charge in [0, 0.05) is 23.5 Å². The van der Waals surface area contributed by atoms with Crippen molar-refractivity contribution in [2.24, 2.45) is 5.92 Å². The Kier molecular flexibility index (Phi) is 3.33. The largest absolute Gasteiger partial charge is 0.334 e. The normalized spacial score (nSPS) is 16.1. The number of amides is 1. The van der Waals surface area contributed by atoms with E-state index < -0.39 is 0 Å². The molecule has 2 nitrogen and oxygen atoms in total. The van der Waals surface area contributed by atoms with Gasteiger partial charge < -0.3 is 4.90 Å². The Labute approximate surface area is 105 Å². The summed E-state index contributed by atoms with van der Waals surface area (Å²) in [5.74, 6) is 0.410. The smallest absolute Gasteiger partial charge is 0.225 e. The van der Waals surface area contributed by atoms with Crippen LogP contribution in [0.15, 0.2) is 22.7 Å². The second-order valence-electron chi connectivity index (χ2n) is 4.42. The van der Waals surface area contributed by atoms with Crippen molar-refractivity contribution in [3.05, 3.63) is 33.8 Å². The van der Waals surface area contributed by atoms with Gasteiger partial charge in [0.05, 0.1) is 0 Å². The average molecular weight is 282 g/mol. The number of nitrogens with zero attached hydrogens (tertiary/aromatic N) is 1. The lowest BCUT2D eigenvalue weighted by Gasteiger charge is -2.19. The second kappa shape index (κ2) is 4.58. The molecule has 3 heteroatoms. The molecule has 1 amide bonds. The van der Waals surface area contributed by atoms with Crippen molar-refractivity contribution in [1.29, 1.82) is 0 Å². The summed E-state index contributed by atoms with van der Waals surface area (Å²) in [6.07, 6.45) is 0.912. The molecule has 0 saturated carbocycles. The summed E-state index contributed by atoms with van der Waals surface area (Å²) in [5.41, 5.74) is 2.55. The minimum absolute atomic E-state index is 0.137. The average Bonchev–Trinajstić information content (AvgIpc) is 2.69. The zero-order valence-electron chi connectivity index (χ0n) is 9.66. The fourth-order valence-electron chi connectivity index (χ4n) is 2.01. The van der Waals surface area contributed by atoms with Crippen LogP contribution < -0.4 is 0 Å². The summed E-state index contributed by atoms with van der Waals surface area (Å²) < 4.78 is 1.09. The molecule has 0 saturated heterocycles. The highest BCUT2D eigenvalue weighted by Gasteiger charge is 2.25. The van der Waals surface area contributed by atoms with Crippen LogP contribution in [0.2, 0.25) is 0 Å². The highest BCUT2D eigenvalue weighted by molar-refractivity contribution is 9.10. The number of carbonyl (C=O) groups excluding carboxylic acids is 1. The number of benzene rings is 1. The minimum Gasteiger partial charge on any atom is -0.334 e. The number of fused-ring (bicyclic) bond motifs is 1. The highest BCUT2D eigenvalue weighted by Crippen LogP contribution is 2.27. The predicted octanol–water partition coefficient (Wildman–Crippen LogP) is 3.34. The van der Waals surface area contributed by atoms with Crippen LogP contribution in [0, 0.1) is 5.92 Å². The second-order valence-corrected chi connectivity index (χ2v) is 5.33. The lowest BCUT2D eigenvalue weighted by molar-refractivity contribution is -0.135. The maximum absolute atomic E-state index is 12.0. The fourth-order valence-corrected chi connectivity index (χ4v) is 2.41. The van der Waals surface area contributed by atoms with E-state index in [0.29, 0.717) is 0 Å². The van der Waals surface area contributed by atoms with Crippen LogP contribution in [0.4, 0.5) is 0 Å². The summed E-state index contributed by atoms with van der Waals surface area (Å²) in [5, 5.41) is 0. The molecular weight excluding hydrogens is 266 g/mol. The zero-order chi connectivity index (χ0) is 11.7. The van der Waals surface area contributed by atoms with Crippen molar-refractivity contribution in [2.75, 3.05) is 0 Å². The first-order valence-electron chi connectivity index (χ1n) is 5.68. The van der Waals surface area contributed by atoms with E-state index in [1.165, 1.54) is 11.1 Å². The molecule has 1 aliphatic rings. The van der Waals surface area contributed by atoms with E-state index >= 15 is 0 Å². The van der Waals surface area contributed by atoms with Gasteiger partial charge in [-0.2, -0.15) is 0 Å². The maximum Gasteiger partial charge on any atom is 0.225 e. The number of halogens is 1. The maximum atomic E-state index is 12.0. The summed E-state index contributed by atoms with van der Waals surface area (Å²) >= 11 is 3.46. The molecule has 1 aromatic carbocycles. The third-order valence-electron chi connectivity index (χ3n) is 3.24. The molecule has 0 fully saturated rings. The first-order chi connectivity index (χ1) is 7.61. The Morgan fingerprint density at radius 3 is 2.81 bits per heavy atom. The van der Waals surface area contributed by atoms with Crippen molar-refractivity contribution < 1.29 is 4.79 Å². The minimum atomic E-state index is 0.137. The van der Waals surface area contributed by atoms with Gasteiger partial charge in [0.1, 0.15) is 0 Å². The molecule has 0 aromatic heterocycles. The lowest BCUT2D eigenvalue weighted by atomic mass is 10.1. The molecule has 1 heterocycles. The van der Waals surface area contributed by atoms with Crippen LogP contribution in [-0.4, -0.2) is 10.8 Å². The molecule has 1 aromatic rings. The quantitative estimate of drug-likeness (QED) is 0.814. The van der Waals surface area contributed by atoms with Gasteiger partial charge in [-0.05, 0) is 29.7 Å². The van der Waals surface area contributed by atoms with Gasteiger partial charge in [-0.25, -0.2) is 0 Å². The summed E-state index contributed by atoms with van der Waals surface area (Å²) in [7, 11) is 0. The van der Waals surface area contributed by atoms with Gasteiger partial charge in [-0.3, -0.25) is 4.79 Å². The SMILES string of the molecule is CCC(C)C(=O)N1Cc2ccc(Br)cc2C1. The molecule has 2 rings (SSSR count). The summed E-state index contributed by atoms with van der Waals surface area (Å²) in [6, 6.07) is 6.25. The van der Waals surface area contributed by atoms with E-state index in [0.717, 1.165) is 24.0 Å². The predicted molar refractivity (Wildman–Crippen MR) is 67.9 cm³/mol. The van der Waals surface area contributed by atoms with E-state index in [-0.39, 0.29) is 11.8 Å². The van der Waals surface area contributed by atoms with Crippen molar-refractivity contribution in [3.8, 4) is 0 Å². The Bertz CT molecular complexity index is 416. The summed E-state index contributed by atoms with van der Waals surface area (Å²) in [6.45, 7) is 5.59. The Morgan fingerprint density at radius 1 is 1.44 bits per heavy atom. The van der Waals surface area contributed by atoms with Crippen LogP contribution in [0.1, 0.15) is 31.4 Å². The third-order valence-corrected chi connectivity index (χ3v) is 3.73. The topological polar surface area (TPSA) is 20.3 Å². The monoisotopic (exact) mass is 281 g/mol. The van der Waals surface area contributed by atoms with E-state index in [1.807, 2.05) is 17.9 Å². The Morgan fingerprint density at radius 2 is 2.12 bits per heavy atom. The van der Waals surface area contributed by atoms with E-state index in [2.05, 4.69) is 35.0 Å². The van der Waals surface area contributed by atoms with Gasteiger partial charge in [0.2, 0.25) is 5.91 Å². The van der Waals surface area contributed by atoms with E-state index in [4.69, 9.17) is 0 Å². The van der Waals surface area contributed by atoms with Crippen LogP contribution in [0.3, 0.4) is 0 Å². The zero-order valence-corrected chi connectivity index (χ0v) is 11.3. The fraction of sp³-hybridized carbons (Fsp3) is 0.462. The van der Waals surface area contributed by atoms with Gasteiger partial charge in [-0.1, -0.05) is 35.8 Å². The molecule has 0 bridgehead atoms. The molecule has 1 atom stereocenters. The van der Waals surface area contributed by atoms with Gasteiger partial charge in [0.25, 0.3) is 0 Å². The van der Waals surface area contributed by atoms with Gasteiger partial charge in [-0.15, -0.1) is 0 Å². The number of hydrogen-bond donors (Lipinski definition) is 0. The Balaban J connectivity index is 2.14. The number of hydrogen-bond acceptors (Lipinski definition) is 1. The number of carbonyl (C=O) groups is 1. The third kappa shape index (κ3) is 2.14. The standard InChI is InChI=1S/C13H16BrNO/c1-3-9(2)13(16)15-7-10-4-5-12(14)6-11(10)8-15/h4-6,9H,3,7-8H2,1-2H3. The first-order valence-corrected chi connectivity index (χ1v) is 6.47. The lowest BCUT2D eigenvalue weighted by Crippen LogP contribution is -2.30. The molecule has 0 aliphatic carbocycles. The van der Waals surface area contributed by atoms with E-state index in [9.17, 15) is 4.79 Å².